The molecule has 2 heterocycles. The number of rotatable bonds is 3. The summed E-state index contributed by atoms with van der Waals surface area (Å²) >= 11 is 0. The molecule has 112 valence electrons. The number of hydrogen-bond donors (Lipinski definition) is 0. The highest BCUT2D eigenvalue weighted by molar-refractivity contribution is 5.69. The predicted octanol–water partition coefficient (Wildman–Crippen LogP) is 2.07. The van der Waals surface area contributed by atoms with E-state index in [0.717, 1.165) is 25.2 Å². The molecule has 6 nitrogen and oxygen atoms in total. The molecule has 1 aliphatic rings. The number of nitrogens with zero attached hydrogens (tertiary/aromatic N) is 3. The first-order valence-corrected chi connectivity index (χ1v) is 6.84. The van der Waals surface area contributed by atoms with Gasteiger partial charge in [-0.25, -0.2) is 4.79 Å². The van der Waals surface area contributed by atoms with Gasteiger partial charge in [0.1, 0.15) is 5.60 Å². The van der Waals surface area contributed by atoms with Crippen LogP contribution in [0.25, 0.3) is 0 Å². The van der Waals surface area contributed by atoms with Gasteiger partial charge < -0.3 is 14.4 Å². The van der Waals surface area contributed by atoms with Crippen molar-refractivity contribution < 1.29 is 14.3 Å². The van der Waals surface area contributed by atoms with E-state index in [2.05, 4.69) is 5.10 Å². The summed E-state index contributed by atoms with van der Waals surface area (Å²) in [5.41, 5.74) is 0.588. The van der Waals surface area contributed by atoms with Gasteiger partial charge in [0.2, 0.25) is 5.88 Å². The molecule has 0 atom stereocenters. The fraction of sp³-hybridized carbons (Fsp3) is 0.714. The number of aryl methyl sites for hydroxylation is 1. The summed E-state index contributed by atoms with van der Waals surface area (Å²) in [5, 5.41) is 4.34. The van der Waals surface area contributed by atoms with E-state index in [4.69, 9.17) is 9.47 Å². The maximum atomic E-state index is 11.8. The first-order valence-electron chi connectivity index (χ1n) is 6.84. The summed E-state index contributed by atoms with van der Waals surface area (Å²) in [6, 6.07) is 0. The molecule has 1 aliphatic heterocycles. The van der Waals surface area contributed by atoms with Crippen LogP contribution in [0.3, 0.4) is 0 Å². The Hall–Kier alpha value is -1.72. The number of methoxy groups -OCH3 is 1. The quantitative estimate of drug-likeness (QED) is 0.851. The number of amides is 1. The Morgan fingerprint density at radius 3 is 2.60 bits per heavy atom. The van der Waals surface area contributed by atoms with Crippen LogP contribution in [-0.4, -0.2) is 46.6 Å². The molecule has 0 aromatic carbocycles. The monoisotopic (exact) mass is 281 g/mol. The van der Waals surface area contributed by atoms with Gasteiger partial charge in [-0.15, -0.1) is 5.10 Å². The zero-order valence-electron chi connectivity index (χ0n) is 12.8. The second kappa shape index (κ2) is 5.34. The highest BCUT2D eigenvalue weighted by atomic mass is 16.6. The minimum Gasteiger partial charge on any atom is -0.480 e. The summed E-state index contributed by atoms with van der Waals surface area (Å²) in [6.07, 6.45) is 1.73. The van der Waals surface area contributed by atoms with E-state index >= 15 is 0 Å². The minimum absolute atomic E-state index is 0.233. The van der Waals surface area contributed by atoms with Crippen molar-refractivity contribution in [1.29, 1.82) is 0 Å². The van der Waals surface area contributed by atoms with E-state index in [1.165, 1.54) is 0 Å². The number of ether oxygens (including phenoxy) is 2. The van der Waals surface area contributed by atoms with E-state index in [1.807, 2.05) is 38.6 Å². The van der Waals surface area contributed by atoms with Crippen LogP contribution in [0.4, 0.5) is 4.79 Å². The second-order valence-electron chi connectivity index (χ2n) is 6.29. The van der Waals surface area contributed by atoms with Gasteiger partial charge in [-0.3, -0.25) is 4.68 Å². The predicted molar refractivity (Wildman–Crippen MR) is 74.8 cm³/mol. The molecule has 0 spiro atoms. The zero-order valence-corrected chi connectivity index (χ0v) is 12.8. The van der Waals surface area contributed by atoms with Gasteiger partial charge >= 0.3 is 6.09 Å². The van der Waals surface area contributed by atoms with E-state index in [-0.39, 0.29) is 6.09 Å². The molecule has 0 aliphatic carbocycles. The molecule has 0 N–H and O–H groups in total. The maximum absolute atomic E-state index is 11.8. The fourth-order valence-electron chi connectivity index (χ4n) is 2.22. The Morgan fingerprint density at radius 1 is 1.45 bits per heavy atom. The molecule has 1 amide bonds. The van der Waals surface area contributed by atoms with Crippen molar-refractivity contribution in [1.82, 2.24) is 14.7 Å². The number of likely N-dealkylation sites (tertiary alicyclic amines) is 1. The SMILES string of the molecule is COc1nn(CC2CN(C(=O)OC(C)(C)C)C2)cc1C. The van der Waals surface area contributed by atoms with Crippen molar-refractivity contribution in [2.75, 3.05) is 20.2 Å². The Kier molecular flexibility index (Phi) is 3.92. The lowest BCUT2D eigenvalue weighted by Crippen LogP contribution is -2.52. The number of hydrogen-bond acceptors (Lipinski definition) is 4. The molecular weight excluding hydrogens is 258 g/mol. The number of carbonyl (C=O) groups is 1. The summed E-state index contributed by atoms with van der Waals surface area (Å²) in [6.45, 7) is 9.83. The highest BCUT2D eigenvalue weighted by Crippen LogP contribution is 2.22. The van der Waals surface area contributed by atoms with Crippen LogP contribution in [0.2, 0.25) is 0 Å². The van der Waals surface area contributed by atoms with Crippen molar-refractivity contribution in [3.05, 3.63) is 11.8 Å². The Morgan fingerprint density at radius 2 is 2.10 bits per heavy atom. The number of aromatic nitrogens is 2. The average Bonchev–Trinajstić information content (AvgIpc) is 2.60. The molecule has 1 aromatic heterocycles. The van der Waals surface area contributed by atoms with Crippen LogP contribution in [-0.2, 0) is 11.3 Å². The number of carbonyl (C=O) groups excluding carboxylic acids is 1. The largest absolute Gasteiger partial charge is 0.480 e. The third kappa shape index (κ3) is 3.43. The highest BCUT2D eigenvalue weighted by Gasteiger charge is 2.34. The van der Waals surface area contributed by atoms with Crippen molar-refractivity contribution in [2.45, 2.75) is 39.8 Å². The van der Waals surface area contributed by atoms with Crippen LogP contribution in [0.5, 0.6) is 5.88 Å². The third-order valence-electron chi connectivity index (χ3n) is 3.15. The molecule has 0 saturated carbocycles. The topological polar surface area (TPSA) is 56.6 Å². The third-order valence-corrected chi connectivity index (χ3v) is 3.15. The summed E-state index contributed by atoms with van der Waals surface area (Å²) in [7, 11) is 1.62. The second-order valence-corrected chi connectivity index (χ2v) is 6.29. The molecule has 6 heteroatoms. The zero-order chi connectivity index (χ0) is 14.9. The molecule has 1 fully saturated rings. The molecule has 1 saturated heterocycles. The van der Waals surface area contributed by atoms with Gasteiger partial charge in [0.15, 0.2) is 0 Å². The lowest BCUT2D eigenvalue weighted by molar-refractivity contribution is -0.00388. The van der Waals surface area contributed by atoms with E-state index in [1.54, 1.807) is 12.0 Å². The van der Waals surface area contributed by atoms with E-state index < -0.39 is 5.60 Å². The Labute approximate surface area is 119 Å². The van der Waals surface area contributed by atoms with Gasteiger partial charge in [-0.2, -0.15) is 0 Å². The van der Waals surface area contributed by atoms with Crippen LogP contribution < -0.4 is 4.74 Å². The maximum Gasteiger partial charge on any atom is 0.410 e. The van der Waals surface area contributed by atoms with Gasteiger partial charge in [-0.05, 0) is 27.7 Å². The molecule has 1 aromatic rings. The lowest BCUT2D eigenvalue weighted by Gasteiger charge is -2.39. The molecule has 2 rings (SSSR count). The van der Waals surface area contributed by atoms with Gasteiger partial charge in [-0.1, -0.05) is 0 Å². The minimum atomic E-state index is -0.436. The van der Waals surface area contributed by atoms with Crippen LogP contribution in [0, 0.1) is 12.8 Å². The van der Waals surface area contributed by atoms with Gasteiger partial charge in [0.05, 0.1) is 7.11 Å². The molecular formula is C14H23N3O3. The molecule has 0 radical (unpaired) electrons. The summed E-state index contributed by atoms with van der Waals surface area (Å²) in [5.74, 6) is 1.08. The van der Waals surface area contributed by atoms with E-state index in [9.17, 15) is 4.79 Å². The van der Waals surface area contributed by atoms with Crippen molar-refractivity contribution in [3.8, 4) is 5.88 Å². The normalized spacial score (nSPS) is 15.9. The van der Waals surface area contributed by atoms with Crippen molar-refractivity contribution in [3.63, 3.8) is 0 Å². The first kappa shape index (κ1) is 14.7. The Balaban J connectivity index is 1.80. The van der Waals surface area contributed by atoms with Gasteiger partial charge in [0, 0.05) is 37.3 Å². The first-order chi connectivity index (χ1) is 9.28. The summed E-state index contributed by atoms with van der Waals surface area (Å²) < 4.78 is 12.4. The average molecular weight is 281 g/mol. The van der Waals surface area contributed by atoms with Crippen molar-refractivity contribution >= 4 is 6.09 Å². The lowest BCUT2D eigenvalue weighted by atomic mass is 10.0. The molecule has 20 heavy (non-hydrogen) atoms. The van der Waals surface area contributed by atoms with Crippen LogP contribution in [0.15, 0.2) is 6.20 Å². The molecule has 0 bridgehead atoms. The van der Waals surface area contributed by atoms with Crippen LogP contribution in [0.1, 0.15) is 26.3 Å². The van der Waals surface area contributed by atoms with Gasteiger partial charge in [0.25, 0.3) is 0 Å². The standard InChI is InChI=1S/C14H23N3O3/c1-10-6-17(15-12(10)19-5)9-11-7-16(8-11)13(18)20-14(2,3)4/h6,11H,7-9H2,1-5H3. The smallest absolute Gasteiger partial charge is 0.410 e. The summed E-state index contributed by atoms with van der Waals surface area (Å²) in [4.78, 5) is 13.5. The molecule has 0 unspecified atom stereocenters. The van der Waals surface area contributed by atoms with E-state index in [0.29, 0.717) is 11.8 Å². The Bertz CT molecular complexity index is 484. The van der Waals surface area contributed by atoms with Crippen LogP contribution >= 0.6 is 0 Å². The van der Waals surface area contributed by atoms with Crippen molar-refractivity contribution in [2.24, 2.45) is 5.92 Å². The fourth-order valence-corrected chi connectivity index (χ4v) is 2.22.